The van der Waals surface area contributed by atoms with Gasteiger partial charge in [-0.2, -0.15) is 0 Å². The average molecular weight is 287 g/mol. The molecule has 4 heteroatoms. The molecule has 0 saturated carbocycles. The van der Waals surface area contributed by atoms with Gasteiger partial charge in [-0.25, -0.2) is 0 Å². The lowest BCUT2D eigenvalue weighted by molar-refractivity contribution is 1.15. The summed E-state index contributed by atoms with van der Waals surface area (Å²) in [6, 6.07) is 13.2. The van der Waals surface area contributed by atoms with Crippen LogP contribution in [0.1, 0.15) is 5.56 Å². The van der Waals surface area contributed by atoms with Crippen molar-refractivity contribution in [2.24, 2.45) is 0 Å². The molecule has 88 valence electrons. The van der Waals surface area contributed by atoms with E-state index in [1.165, 1.54) is 0 Å². The maximum Gasteiger partial charge on any atom is 0.0612 e. The van der Waals surface area contributed by atoms with E-state index in [0.717, 1.165) is 16.3 Å². The Morgan fingerprint density at radius 3 is 2.41 bits per heavy atom. The molecule has 2 rings (SSSR count). The van der Waals surface area contributed by atoms with Crippen LogP contribution in [0.3, 0.4) is 0 Å². The molecular formula is C13H10Cl3N. The summed E-state index contributed by atoms with van der Waals surface area (Å²) in [4.78, 5) is 0. The molecule has 2 aromatic rings. The molecule has 2 aromatic carbocycles. The third-order valence-corrected chi connectivity index (χ3v) is 3.28. The molecule has 0 aliphatic rings. The summed E-state index contributed by atoms with van der Waals surface area (Å²) in [6.45, 7) is 0.693. The Hall–Kier alpha value is -0.890. The van der Waals surface area contributed by atoms with Crippen molar-refractivity contribution in [2.45, 2.75) is 6.54 Å². The molecule has 0 aliphatic carbocycles. The smallest absolute Gasteiger partial charge is 0.0612 e. The van der Waals surface area contributed by atoms with E-state index in [9.17, 15) is 0 Å². The van der Waals surface area contributed by atoms with Crippen molar-refractivity contribution < 1.29 is 0 Å². The standard InChI is InChI=1S/C13H10Cl3N/c14-10-3-1-2-9(6-10)8-17-11-4-5-12(15)13(16)7-11/h1-7,17H,8H2. The SMILES string of the molecule is Clc1cccc(CNc2ccc(Cl)c(Cl)c2)c1. The Morgan fingerprint density at radius 1 is 0.882 bits per heavy atom. The van der Waals surface area contributed by atoms with E-state index in [4.69, 9.17) is 34.8 Å². The number of halogens is 3. The van der Waals surface area contributed by atoms with Crippen molar-refractivity contribution in [3.63, 3.8) is 0 Å². The predicted molar refractivity (Wildman–Crippen MR) is 75.2 cm³/mol. The highest BCUT2D eigenvalue weighted by Crippen LogP contribution is 2.25. The first-order chi connectivity index (χ1) is 8.15. The maximum absolute atomic E-state index is 5.93. The largest absolute Gasteiger partial charge is 0.381 e. The third kappa shape index (κ3) is 3.53. The zero-order valence-corrected chi connectivity index (χ0v) is 11.2. The number of hydrogen-bond donors (Lipinski definition) is 1. The lowest BCUT2D eigenvalue weighted by atomic mass is 10.2. The van der Waals surface area contributed by atoms with Crippen LogP contribution in [-0.2, 0) is 6.54 Å². The summed E-state index contributed by atoms with van der Waals surface area (Å²) in [7, 11) is 0. The van der Waals surface area contributed by atoms with E-state index in [2.05, 4.69) is 5.32 Å². The summed E-state index contributed by atoms with van der Waals surface area (Å²) in [5.41, 5.74) is 2.04. The molecule has 0 saturated heterocycles. The van der Waals surface area contributed by atoms with E-state index < -0.39 is 0 Å². The van der Waals surface area contributed by atoms with Crippen molar-refractivity contribution in [1.82, 2.24) is 0 Å². The Labute approximate surface area is 115 Å². The van der Waals surface area contributed by atoms with Crippen LogP contribution in [0.25, 0.3) is 0 Å². The fourth-order valence-corrected chi connectivity index (χ4v) is 1.97. The molecule has 0 amide bonds. The van der Waals surface area contributed by atoms with E-state index in [-0.39, 0.29) is 0 Å². The first kappa shape index (κ1) is 12.6. The lowest BCUT2D eigenvalue weighted by Crippen LogP contribution is -1.98. The maximum atomic E-state index is 5.93. The van der Waals surface area contributed by atoms with Crippen molar-refractivity contribution in [3.8, 4) is 0 Å². The molecule has 0 unspecified atom stereocenters. The van der Waals surface area contributed by atoms with Gasteiger partial charge in [0.25, 0.3) is 0 Å². The molecule has 0 aromatic heterocycles. The molecule has 1 N–H and O–H groups in total. The quantitative estimate of drug-likeness (QED) is 0.811. The molecule has 0 heterocycles. The number of benzene rings is 2. The molecule has 0 radical (unpaired) electrons. The van der Waals surface area contributed by atoms with Crippen LogP contribution >= 0.6 is 34.8 Å². The second-order valence-corrected chi connectivity index (χ2v) is 4.86. The number of hydrogen-bond acceptors (Lipinski definition) is 1. The zero-order chi connectivity index (χ0) is 12.3. The highest BCUT2D eigenvalue weighted by atomic mass is 35.5. The topological polar surface area (TPSA) is 12.0 Å². The Morgan fingerprint density at radius 2 is 1.71 bits per heavy atom. The van der Waals surface area contributed by atoms with Crippen LogP contribution in [-0.4, -0.2) is 0 Å². The molecule has 0 spiro atoms. The van der Waals surface area contributed by atoms with Gasteiger partial charge in [0.05, 0.1) is 10.0 Å². The van der Waals surface area contributed by atoms with E-state index >= 15 is 0 Å². The summed E-state index contributed by atoms with van der Waals surface area (Å²) < 4.78 is 0. The minimum absolute atomic E-state index is 0.544. The third-order valence-electron chi connectivity index (χ3n) is 2.31. The Kier molecular flexibility index (Phi) is 4.16. The predicted octanol–water partition coefficient (Wildman–Crippen LogP) is 5.26. The molecule has 0 bridgehead atoms. The van der Waals surface area contributed by atoms with Gasteiger partial charge in [0, 0.05) is 17.3 Å². The van der Waals surface area contributed by atoms with Gasteiger partial charge < -0.3 is 5.32 Å². The minimum atomic E-state index is 0.544. The Bertz CT molecular complexity index is 526. The molecule has 0 atom stereocenters. The van der Waals surface area contributed by atoms with Crippen LogP contribution in [0, 0.1) is 0 Å². The molecule has 0 fully saturated rings. The average Bonchev–Trinajstić information content (AvgIpc) is 2.31. The fraction of sp³-hybridized carbons (Fsp3) is 0.0769. The zero-order valence-electron chi connectivity index (χ0n) is 8.88. The van der Waals surface area contributed by atoms with Crippen LogP contribution in [0.15, 0.2) is 42.5 Å². The Balaban J connectivity index is 2.05. The van der Waals surface area contributed by atoms with Crippen LogP contribution in [0.2, 0.25) is 15.1 Å². The van der Waals surface area contributed by atoms with Gasteiger partial charge in [-0.05, 0) is 35.9 Å². The van der Waals surface area contributed by atoms with Gasteiger partial charge in [0.15, 0.2) is 0 Å². The summed E-state index contributed by atoms with van der Waals surface area (Å²) in [5.74, 6) is 0. The fourth-order valence-electron chi connectivity index (χ4n) is 1.46. The first-order valence-corrected chi connectivity index (χ1v) is 6.22. The van der Waals surface area contributed by atoms with Gasteiger partial charge in [0.1, 0.15) is 0 Å². The molecule has 1 nitrogen and oxygen atoms in total. The van der Waals surface area contributed by atoms with E-state index in [0.29, 0.717) is 16.6 Å². The van der Waals surface area contributed by atoms with Crippen LogP contribution in [0.5, 0.6) is 0 Å². The highest BCUT2D eigenvalue weighted by molar-refractivity contribution is 6.42. The van der Waals surface area contributed by atoms with Gasteiger partial charge in [0.2, 0.25) is 0 Å². The van der Waals surface area contributed by atoms with Crippen molar-refractivity contribution in [3.05, 3.63) is 63.1 Å². The van der Waals surface area contributed by atoms with Crippen molar-refractivity contribution >= 4 is 40.5 Å². The van der Waals surface area contributed by atoms with Gasteiger partial charge in [-0.15, -0.1) is 0 Å². The van der Waals surface area contributed by atoms with Crippen molar-refractivity contribution in [2.75, 3.05) is 5.32 Å². The molecule has 0 aliphatic heterocycles. The summed E-state index contributed by atoms with van der Waals surface area (Å²) in [5, 5.41) is 5.09. The lowest BCUT2D eigenvalue weighted by Gasteiger charge is -2.07. The monoisotopic (exact) mass is 285 g/mol. The highest BCUT2D eigenvalue weighted by Gasteiger charge is 1.99. The van der Waals surface area contributed by atoms with E-state index in [1.807, 2.05) is 30.3 Å². The number of anilines is 1. The second-order valence-electron chi connectivity index (χ2n) is 3.61. The molecular weight excluding hydrogens is 277 g/mol. The summed E-state index contributed by atoms with van der Waals surface area (Å²) >= 11 is 17.7. The van der Waals surface area contributed by atoms with E-state index in [1.54, 1.807) is 12.1 Å². The van der Waals surface area contributed by atoms with Gasteiger partial charge in [-0.1, -0.05) is 46.9 Å². The second kappa shape index (κ2) is 5.63. The number of nitrogens with one attached hydrogen (secondary N) is 1. The number of rotatable bonds is 3. The van der Waals surface area contributed by atoms with Crippen LogP contribution in [0.4, 0.5) is 5.69 Å². The molecule has 17 heavy (non-hydrogen) atoms. The minimum Gasteiger partial charge on any atom is -0.381 e. The van der Waals surface area contributed by atoms with Crippen molar-refractivity contribution in [1.29, 1.82) is 0 Å². The summed E-state index contributed by atoms with van der Waals surface area (Å²) in [6.07, 6.45) is 0. The van der Waals surface area contributed by atoms with Gasteiger partial charge >= 0.3 is 0 Å². The van der Waals surface area contributed by atoms with Gasteiger partial charge in [-0.3, -0.25) is 0 Å². The van der Waals surface area contributed by atoms with Crippen LogP contribution < -0.4 is 5.32 Å². The first-order valence-electron chi connectivity index (χ1n) is 5.08. The normalized spacial score (nSPS) is 10.3.